The van der Waals surface area contributed by atoms with E-state index in [2.05, 4.69) is 10.2 Å². The molecule has 2 amide bonds. The van der Waals surface area contributed by atoms with Crippen molar-refractivity contribution in [2.75, 3.05) is 34.4 Å². The summed E-state index contributed by atoms with van der Waals surface area (Å²) in [6.07, 6.45) is 1.29. The lowest BCUT2D eigenvalue weighted by atomic mass is 10.2. The first kappa shape index (κ1) is 17.5. The first-order valence-corrected chi connectivity index (χ1v) is 10.1. The summed E-state index contributed by atoms with van der Waals surface area (Å²) in [6.45, 7) is 1.96. The smallest absolute Gasteiger partial charge is 0.414 e. The van der Waals surface area contributed by atoms with Crippen LogP contribution in [0.25, 0.3) is 0 Å². The summed E-state index contributed by atoms with van der Waals surface area (Å²) < 4.78 is 20.1. The van der Waals surface area contributed by atoms with Gasteiger partial charge in [0, 0.05) is 30.5 Å². The number of anilines is 2. The SMILES string of the molecule is CC(=O)NCC1CN(c2ccc(N3C4CCC3CSC4)c(F)c2)C(=O)O1. The fraction of sp³-hybridized carbons (Fsp3) is 0.556. The minimum Gasteiger partial charge on any atom is -0.442 e. The van der Waals surface area contributed by atoms with E-state index in [0.717, 1.165) is 24.3 Å². The van der Waals surface area contributed by atoms with E-state index in [1.54, 1.807) is 12.1 Å². The number of benzene rings is 1. The van der Waals surface area contributed by atoms with Crippen molar-refractivity contribution < 1.29 is 18.7 Å². The number of nitrogens with one attached hydrogen (secondary N) is 1. The second-order valence-corrected chi connectivity index (χ2v) is 8.09. The number of hydrogen-bond acceptors (Lipinski definition) is 5. The number of fused-ring (bicyclic) bond motifs is 2. The van der Waals surface area contributed by atoms with Crippen LogP contribution in [0.2, 0.25) is 0 Å². The molecule has 0 spiro atoms. The van der Waals surface area contributed by atoms with E-state index in [1.807, 2.05) is 11.8 Å². The molecule has 140 valence electrons. The third-order valence-electron chi connectivity index (χ3n) is 5.21. The molecule has 3 heterocycles. The average Bonchev–Trinajstić information content (AvgIpc) is 3.09. The van der Waals surface area contributed by atoms with Crippen LogP contribution in [-0.4, -0.2) is 54.8 Å². The molecule has 1 N–H and O–H groups in total. The zero-order valence-electron chi connectivity index (χ0n) is 14.6. The Bertz CT molecular complexity index is 716. The molecule has 0 aromatic heterocycles. The van der Waals surface area contributed by atoms with E-state index in [0.29, 0.717) is 30.0 Å². The highest BCUT2D eigenvalue weighted by molar-refractivity contribution is 7.99. The summed E-state index contributed by atoms with van der Waals surface area (Å²) in [6, 6.07) is 5.77. The Hall–Kier alpha value is -1.96. The Labute approximate surface area is 156 Å². The lowest BCUT2D eigenvalue weighted by Gasteiger charge is -2.36. The summed E-state index contributed by atoms with van der Waals surface area (Å²) in [5.41, 5.74) is 1.12. The van der Waals surface area contributed by atoms with Gasteiger partial charge in [-0.1, -0.05) is 0 Å². The monoisotopic (exact) mass is 379 g/mol. The normalized spacial score (nSPS) is 27.6. The Morgan fingerprint density at radius 3 is 2.73 bits per heavy atom. The summed E-state index contributed by atoms with van der Waals surface area (Å²) >= 11 is 1.95. The summed E-state index contributed by atoms with van der Waals surface area (Å²) in [5, 5.41) is 2.63. The Kier molecular flexibility index (Phi) is 4.69. The summed E-state index contributed by atoms with van der Waals surface area (Å²) in [5.74, 6) is 1.61. The Balaban J connectivity index is 1.49. The maximum absolute atomic E-state index is 14.9. The molecule has 2 bridgehead atoms. The van der Waals surface area contributed by atoms with Gasteiger partial charge in [-0.2, -0.15) is 11.8 Å². The van der Waals surface area contributed by atoms with Gasteiger partial charge in [0.25, 0.3) is 0 Å². The highest BCUT2D eigenvalue weighted by Crippen LogP contribution is 2.40. The number of thioether (sulfide) groups is 1. The number of nitrogens with zero attached hydrogens (tertiary/aromatic N) is 2. The van der Waals surface area contributed by atoms with E-state index in [-0.39, 0.29) is 18.3 Å². The largest absolute Gasteiger partial charge is 0.442 e. The molecule has 6 nitrogen and oxygen atoms in total. The predicted molar refractivity (Wildman–Crippen MR) is 99.3 cm³/mol. The van der Waals surface area contributed by atoms with Crippen LogP contribution in [0.15, 0.2) is 18.2 Å². The quantitative estimate of drug-likeness (QED) is 0.870. The molecule has 3 saturated heterocycles. The molecule has 3 unspecified atom stereocenters. The average molecular weight is 379 g/mol. The van der Waals surface area contributed by atoms with Crippen molar-refractivity contribution in [1.29, 1.82) is 0 Å². The maximum atomic E-state index is 14.9. The van der Waals surface area contributed by atoms with Crippen LogP contribution in [0.5, 0.6) is 0 Å². The van der Waals surface area contributed by atoms with Crippen LogP contribution in [0.4, 0.5) is 20.6 Å². The molecular formula is C18H22FN3O3S. The molecule has 8 heteroatoms. The standard InChI is InChI=1S/C18H22FN3O3S/c1-11(23)20-7-15-8-21(18(24)25-15)12-4-5-17(16(19)6-12)22-13-2-3-14(22)10-26-9-13/h4-6,13-15H,2-3,7-10H2,1H3,(H,20,23). The van der Waals surface area contributed by atoms with Crippen LogP contribution in [-0.2, 0) is 9.53 Å². The van der Waals surface area contributed by atoms with Crippen molar-refractivity contribution in [3.05, 3.63) is 24.0 Å². The molecule has 4 rings (SSSR count). The molecular weight excluding hydrogens is 357 g/mol. The van der Waals surface area contributed by atoms with Gasteiger partial charge in [-0.25, -0.2) is 9.18 Å². The van der Waals surface area contributed by atoms with Crippen LogP contribution < -0.4 is 15.1 Å². The molecule has 3 aliphatic rings. The van der Waals surface area contributed by atoms with Gasteiger partial charge in [0.05, 0.1) is 24.5 Å². The highest BCUT2D eigenvalue weighted by atomic mass is 32.2. The minimum absolute atomic E-state index is 0.177. The third kappa shape index (κ3) is 3.22. The number of carbonyl (C=O) groups excluding carboxylic acids is 2. The van der Waals surface area contributed by atoms with Crippen LogP contribution >= 0.6 is 11.8 Å². The fourth-order valence-electron chi connectivity index (χ4n) is 3.99. The van der Waals surface area contributed by atoms with Gasteiger partial charge in [0.15, 0.2) is 0 Å². The van der Waals surface area contributed by atoms with E-state index in [1.165, 1.54) is 17.9 Å². The topological polar surface area (TPSA) is 61.9 Å². The fourth-order valence-corrected chi connectivity index (χ4v) is 5.33. The van der Waals surface area contributed by atoms with Gasteiger partial charge >= 0.3 is 6.09 Å². The number of amides is 2. The van der Waals surface area contributed by atoms with Gasteiger partial charge in [0.1, 0.15) is 11.9 Å². The molecule has 0 aliphatic carbocycles. The van der Waals surface area contributed by atoms with E-state index in [9.17, 15) is 14.0 Å². The third-order valence-corrected chi connectivity index (χ3v) is 6.46. The van der Waals surface area contributed by atoms with Gasteiger partial charge in [0.2, 0.25) is 5.91 Å². The van der Waals surface area contributed by atoms with E-state index >= 15 is 0 Å². The van der Waals surface area contributed by atoms with Crippen molar-refractivity contribution in [3.63, 3.8) is 0 Å². The lowest BCUT2D eigenvalue weighted by molar-refractivity contribution is -0.119. The lowest BCUT2D eigenvalue weighted by Crippen LogP contribution is -2.43. The van der Waals surface area contributed by atoms with Crippen LogP contribution in [0.1, 0.15) is 19.8 Å². The number of halogens is 1. The van der Waals surface area contributed by atoms with Gasteiger partial charge < -0.3 is 15.0 Å². The maximum Gasteiger partial charge on any atom is 0.414 e. The molecule has 0 saturated carbocycles. The second-order valence-electron chi connectivity index (χ2n) is 7.02. The van der Waals surface area contributed by atoms with Crippen LogP contribution in [0, 0.1) is 5.82 Å². The molecule has 1 aromatic rings. The van der Waals surface area contributed by atoms with Crippen molar-refractivity contribution in [3.8, 4) is 0 Å². The molecule has 1 aromatic carbocycles. The summed E-state index contributed by atoms with van der Waals surface area (Å²) in [4.78, 5) is 26.7. The van der Waals surface area contributed by atoms with Gasteiger partial charge in [-0.15, -0.1) is 0 Å². The first-order valence-electron chi connectivity index (χ1n) is 8.91. The Morgan fingerprint density at radius 2 is 2.08 bits per heavy atom. The number of ether oxygens (including phenoxy) is 1. The predicted octanol–water partition coefficient (Wildman–Crippen LogP) is 2.37. The molecule has 0 radical (unpaired) electrons. The number of rotatable bonds is 4. The zero-order valence-corrected chi connectivity index (χ0v) is 15.4. The van der Waals surface area contributed by atoms with Gasteiger partial charge in [-0.3, -0.25) is 9.69 Å². The molecule has 3 fully saturated rings. The molecule has 26 heavy (non-hydrogen) atoms. The second kappa shape index (κ2) is 6.98. The van der Waals surface area contributed by atoms with Crippen molar-refractivity contribution >= 4 is 35.1 Å². The van der Waals surface area contributed by atoms with E-state index in [4.69, 9.17) is 4.74 Å². The van der Waals surface area contributed by atoms with Crippen molar-refractivity contribution in [2.24, 2.45) is 0 Å². The summed E-state index contributed by atoms with van der Waals surface area (Å²) in [7, 11) is 0. The van der Waals surface area contributed by atoms with Gasteiger partial charge in [-0.05, 0) is 31.0 Å². The Morgan fingerprint density at radius 1 is 1.35 bits per heavy atom. The zero-order chi connectivity index (χ0) is 18.3. The highest BCUT2D eigenvalue weighted by Gasteiger charge is 2.38. The van der Waals surface area contributed by atoms with E-state index < -0.39 is 12.2 Å². The molecule has 3 atom stereocenters. The van der Waals surface area contributed by atoms with Crippen LogP contribution in [0.3, 0.4) is 0 Å². The molecule has 3 aliphatic heterocycles. The van der Waals surface area contributed by atoms with Crippen molar-refractivity contribution in [1.82, 2.24) is 5.32 Å². The number of hydrogen-bond donors (Lipinski definition) is 1. The van der Waals surface area contributed by atoms with Crippen molar-refractivity contribution in [2.45, 2.75) is 38.0 Å². The first-order chi connectivity index (χ1) is 12.5. The number of carbonyl (C=O) groups is 2. The minimum atomic E-state index is -0.512. The number of cyclic esters (lactones) is 1.